The van der Waals surface area contributed by atoms with Crippen molar-refractivity contribution < 1.29 is 14.2 Å². The average molecular weight is 349 g/mol. The molecule has 1 aliphatic rings. The van der Waals surface area contributed by atoms with Gasteiger partial charge in [0.15, 0.2) is 17.5 Å². The number of aliphatic imine (C=N–C) groups is 1. The van der Waals surface area contributed by atoms with Crippen molar-refractivity contribution >= 4 is 5.96 Å². The molecule has 0 unspecified atom stereocenters. The maximum absolute atomic E-state index is 5.58. The van der Waals surface area contributed by atoms with E-state index in [9.17, 15) is 0 Å². The van der Waals surface area contributed by atoms with Crippen molar-refractivity contribution in [1.29, 1.82) is 0 Å². The zero-order chi connectivity index (χ0) is 18.2. The molecule has 0 aromatic heterocycles. The molecule has 140 valence electrons. The van der Waals surface area contributed by atoms with Crippen LogP contribution in [0.4, 0.5) is 0 Å². The second-order valence-corrected chi connectivity index (χ2v) is 6.39. The third kappa shape index (κ3) is 5.26. The number of guanidine groups is 1. The van der Waals surface area contributed by atoms with E-state index in [4.69, 9.17) is 14.2 Å². The molecule has 0 saturated carbocycles. The van der Waals surface area contributed by atoms with E-state index in [1.54, 1.807) is 14.2 Å². The van der Waals surface area contributed by atoms with Crippen molar-refractivity contribution in [2.75, 3.05) is 41.0 Å². The summed E-state index contributed by atoms with van der Waals surface area (Å²) in [6.45, 7) is 7.49. The highest BCUT2D eigenvalue weighted by Crippen LogP contribution is 2.33. The molecular weight excluding hydrogens is 318 g/mol. The van der Waals surface area contributed by atoms with Crippen LogP contribution in [0.25, 0.3) is 0 Å². The summed E-state index contributed by atoms with van der Waals surface area (Å²) in [6, 6.07) is 4.16. The van der Waals surface area contributed by atoms with E-state index in [1.165, 1.54) is 11.1 Å². The van der Waals surface area contributed by atoms with Crippen LogP contribution in [0.15, 0.2) is 17.1 Å². The standard InChI is InChI=1S/C19H31N3O3/c1-14(2)25-10-6-8-21-19(20-3)22-9-7-15-11-17(23-4)18(24-5)12-16(15)13-22/h11-12,14H,6-10,13H2,1-5H3,(H,20,21). The van der Waals surface area contributed by atoms with Crippen LogP contribution in [0.5, 0.6) is 11.5 Å². The molecule has 1 aliphatic heterocycles. The first-order valence-corrected chi connectivity index (χ1v) is 8.90. The number of fused-ring (bicyclic) bond motifs is 1. The molecule has 1 N–H and O–H groups in total. The van der Waals surface area contributed by atoms with Gasteiger partial charge in [-0.05, 0) is 49.9 Å². The number of benzene rings is 1. The molecular formula is C19H31N3O3. The van der Waals surface area contributed by atoms with Crippen LogP contribution in [0.3, 0.4) is 0 Å². The number of methoxy groups -OCH3 is 2. The lowest BCUT2D eigenvalue weighted by atomic mass is 9.99. The molecule has 1 aromatic carbocycles. The molecule has 1 aromatic rings. The van der Waals surface area contributed by atoms with E-state index in [2.05, 4.69) is 41.2 Å². The van der Waals surface area contributed by atoms with Crippen LogP contribution in [0.1, 0.15) is 31.4 Å². The molecule has 0 fully saturated rings. The maximum atomic E-state index is 5.58. The second-order valence-electron chi connectivity index (χ2n) is 6.39. The summed E-state index contributed by atoms with van der Waals surface area (Å²) < 4.78 is 16.4. The number of nitrogens with one attached hydrogen (secondary N) is 1. The van der Waals surface area contributed by atoms with Gasteiger partial charge < -0.3 is 24.4 Å². The molecule has 6 heteroatoms. The third-order valence-corrected chi connectivity index (χ3v) is 4.28. The molecule has 2 rings (SSSR count). The topological polar surface area (TPSA) is 55.3 Å². The normalized spacial score (nSPS) is 14.5. The third-order valence-electron chi connectivity index (χ3n) is 4.28. The average Bonchev–Trinajstić information content (AvgIpc) is 2.62. The van der Waals surface area contributed by atoms with Crippen molar-refractivity contribution in [1.82, 2.24) is 10.2 Å². The Hall–Kier alpha value is -1.95. The van der Waals surface area contributed by atoms with Crippen LogP contribution >= 0.6 is 0 Å². The van der Waals surface area contributed by atoms with Crippen molar-refractivity contribution in [3.8, 4) is 11.5 Å². The van der Waals surface area contributed by atoms with E-state index in [-0.39, 0.29) is 6.10 Å². The summed E-state index contributed by atoms with van der Waals surface area (Å²) in [5, 5.41) is 3.43. The molecule has 0 atom stereocenters. The van der Waals surface area contributed by atoms with Gasteiger partial charge in [0.05, 0.1) is 20.3 Å². The molecule has 0 amide bonds. The van der Waals surface area contributed by atoms with E-state index in [0.717, 1.165) is 56.5 Å². The Kier molecular flexibility index (Phi) is 7.37. The minimum Gasteiger partial charge on any atom is -0.493 e. The SMILES string of the molecule is CN=C(NCCCOC(C)C)N1CCc2cc(OC)c(OC)cc2C1. The zero-order valence-electron chi connectivity index (χ0n) is 16.1. The molecule has 1 heterocycles. The fourth-order valence-electron chi connectivity index (χ4n) is 2.99. The number of ether oxygens (including phenoxy) is 3. The molecule has 0 spiro atoms. The first-order chi connectivity index (χ1) is 12.1. The fourth-order valence-corrected chi connectivity index (χ4v) is 2.99. The van der Waals surface area contributed by atoms with Crippen LogP contribution in [0.2, 0.25) is 0 Å². The van der Waals surface area contributed by atoms with Gasteiger partial charge in [0.2, 0.25) is 0 Å². The summed E-state index contributed by atoms with van der Waals surface area (Å²) in [7, 11) is 5.18. The van der Waals surface area contributed by atoms with Crippen molar-refractivity contribution in [3.05, 3.63) is 23.3 Å². The molecule has 0 saturated heterocycles. The predicted molar refractivity (Wildman–Crippen MR) is 101 cm³/mol. The van der Waals surface area contributed by atoms with Crippen molar-refractivity contribution in [2.45, 2.75) is 39.3 Å². The highest BCUT2D eigenvalue weighted by Gasteiger charge is 2.21. The Bertz CT molecular complexity index is 588. The van der Waals surface area contributed by atoms with E-state index in [1.807, 2.05) is 7.05 Å². The largest absolute Gasteiger partial charge is 0.493 e. The molecule has 0 bridgehead atoms. The van der Waals surface area contributed by atoms with Gasteiger partial charge in [-0.1, -0.05) is 0 Å². The lowest BCUT2D eigenvalue weighted by Gasteiger charge is -2.32. The maximum Gasteiger partial charge on any atom is 0.193 e. The Labute approximate surface area is 151 Å². The van der Waals surface area contributed by atoms with Gasteiger partial charge in [-0.3, -0.25) is 4.99 Å². The molecule has 6 nitrogen and oxygen atoms in total. The quantitative estimate of drug-likeness (QED) is 0.465. The predicted octanol–water partition coefficient (Wildman–Crippen LogP) is 2.45. The Balaban J connectivity index is 1.95. The van der Waals surface area contributed by atoms with Crippen LogP contribution in [-0.4, -0.2) is 57.9 Å². The summed E-state index contributed by atoms with van der Waals surface area (Å²) in [5.41, 5.74) is 2.57. The lowest BCUT2D eigenvalue weighted by molar-refractivity contribution is 0.0775. The summed E-state index contributed by atoms with van der Waals surface area (Å²) >= 11 is 0. The van der Waals surface area contributed by atoms with Crippen LogP contribution < -0.4 is 14.8 Å². The molecule has 25 heavy (non-hydrogen) atoms. The molecule has 0 radical (unpaired) electrons. The van der Waals surface area contributed by atoms with Gasteiger partial charge >= 0.3 is 0 Å². The van der Waals surface area contributed by atoms with Crippen LogP contribution in [0, 0.1) is 0 Å². The Morgan fingerprint density at radius 2 is 1.88 bits per heavy atom. The highest BCUT2D eigenvalue weighted by molar-refractivity contribution is 5.80. The number of rotatable bonds is 7. The van der Waals surface area contributed by atoms with Gasteiger partial charge in [-0.2, -0.15) is 0 Å². The van der Waals surface area contributed by atoms with Gasteiger partial charge in [0, 0.05) is 33.3 Å². The van der Waals surface area contributed by atoms with E-state index in [0.29, 0.717) is 0 Å². The number of hydrogen-bond acceptors (Lipinski definition) is 4. The number of hydrogen-bond donors (Lipinski definition) is 1. The van der Waals surface area contributed by atoms with E-state index >= 15 is 0 Å². The van der Waals surface area contributed by atoms with Crippen molar-refractivity contribution in [2.24, 2.45) is 4.99 Å². The van der Waals surface area contributed by atoms with Gasteiger partial charge in [0.1, 0.15) is 0 Å². The van der Waals surface area contributed by atoms with E-state index < -0.39 is 0 Å². The highest BCUT2D eigenvalue weighted by atomic mass is 16.5. The monoisotopic (exact) mass is 349 g/mol. The Morgan fingerprint density at radius 1 is 1.20 bits per heavy atom. The van der Waals surface area contributed by atoms with Crippen LogP contribution in [-0.2, 0) is 17.7 Å². The van der Waals surface area contributed by atoms with Gasteiger partial charge in [0.25, 0.3) is 0 Å². The fraction of sp³-hybridized carbons (Fsp3) is 0.632. The minimum absolute atomic E-state index is 0.282. The van der Waals surface area contributed by atoms with Crippen molar-refractivity contribution in [3.63, 3.8) is 0 Å². The van der Waals surface area contributed by atoms with Gasteiger partial charge in [-0.15, -0.1) is 0 Å². The summed E-state index contributed by atoms with van der Waals surface area (Å²) in [6.07, 6.45) is 2.21. The molecule has 0 aliphatic carbocycles. The summed E-state index contributed by atoms with van der Waals surface area (Å²) in [4.78, 5) is 6.70. The van der Waals surface area contributed by atoms with Gasteiger partial charge in [-0.25, -0.2) is 0 Å². The first-order valence-electron chi connectivity index (χ1n) is 8.90. The minimum atomic E-state index is 0.282. The summed E-state index contributed by atoms with van der Waals surface area (Å²) in [5.74, 6) is 2.50. The smallest absolute Gasteiger partial charge is 0.193 e. The first kappa shape index (κ1) is 19.4. The zero-order valence-corrected chi connectivity index (χ0v) is 16.1. The lowest BCUT2D eigenvalue weighted by Crippen LogP contribution is -2.44. The number of nitrogens with zero attached hydrogens (tertiary/aromatic N) is 2. The Morgan fingerprint density at radius 3 is 2.48 bits per heavy atom. The second kappa shape index (κ2) is 9.51.